The Balaban J connectivity index is 1.64. The third-order valence-corrected chi connectivity index (χ3v) is 3.76. The second kappa shape index (κ2) is 8.33. The van der Waals surface area contributed by atoms with Crippen LogP contribution in [0, 0.1) is 0 Å². The summed E-state index contributed by atoms with van der Waals surface area (Å²) in [5.74, 6) is -0.185. The third-order valence-electron chi connectivity index (χ3n) is 3.76. The van der Waals surface area contributed by atoms with E-state index in [1.54, 1.807) is 24.7 Å². The number of hydrogen-bond donors (Lipinski definition) is 1. The van der Waals surface area contributed by atoms with Gasteiger partial charge in [-0.1, -0.05) is 18.2 Å². The monoisotopic (exact) mass is 324 g/mol. The van der Waals surface area contributed by atoms with E-state index in [-0.39, 0.29) is 5.91 Å². The third kappa shape index (κ3) is 4.71. The summed E-state index contributed by atoms with van der Waals surface area (Å²) >= 11 is 0. The topological polar surface area (TPSA) is 67.4 Å². The number of aromatic nitrogens is 2. The lowest BCUT2D eigenvalue weighted by Crippen LogP contribution is -2.35. The predicted octanol–water partition coefficient (Wildman–Crippen LogP) is 1.96. The van der Waals surface area contributed by atoms with Gasteiger partial charge < -0.3 is 10.1 Å². The Hall–Kier alpha value is -2.57. The summed E-state index contributed by atoms with van der Waals surface area (Å²) in [5, 5.41) is 2.94. The fourth-order valence-electron chi connectivity index (χ4n) is 2.51. The molecule has 24 heavy (non-hydrogen) atoms. The molecule has 2 heterocycles. The number of hydrogen-bond acceptors (Lipinski definition) is 5. The number of carbonyl (C=O) groups excluding carboxylic acids is 1. The molecule has 3 rings (SSSR count). The minimum atomic E-state index is -0.185. The van der Waals surface area contributed by atoms with E-state index in [4.69, 9.17) is 4.74 Å². The highest BCUT2D eigenvalue weighted by Gasteiger charge is 2.13. The van der Waals surface area contributed by atoms with Gasteiger partial charge in [-0.3, -0.25) is 19.7 Å². The Labute approximate surface area is 141 Å². The number of morpholine rings is 1. The van der Waals surface area contributed by atoms with Crippen molar-refractivity contribution < 1.29 is 9.53 Å². The Morgan fingerprint density at radius 1 is 1.25 bits per heavy atom. The van der Waals surface area contributed by atoms with E-state index in [0.29, 0.717) is 5.69 Å². The van der Waals surface area contributed by atoms with Crippen LogP contribution in [0.5, 0.6) is 0 Å². The zero-order chi connectivity index (χ0) is 16.6. The summed E-state index contributed by atoms with van der Waals surface area (Å²) in [6.45, 7) is 4.14. The van der Waals surface area contributed by atoms with Crippen LogP contribution in [0.15, 0.2) is 48.9 Å². The zero-order valence-corrected chi connectivity index (χ0v) is 13.4. The SMILES string of the molecule is O=C(/C=C/c1cnccn1)Nc1ccccc1CN1CCOCC1. The number of rotatable bonds is 5. The van der Waals surface area contributed by atoms with Gasteiger partial charge in [0.05, 0.1) is 25.1 Å². The van der Waals surface area contributed by atoms with Crippen LogP contribution >= 0.6 is 0 Å². The molecular formula is C18H20N4O2. The van der Waals surface area contributed by atoms with Crippen LogP contribution in [0.3, 0.4) is 0 Å². The Kier molecular flexibility index (Phi) is 5.65. The molecule has 124 valence electrons. The molecule has 0 unspecified atom stereocenters. The van der Waals surface area contributed by atoms with Crippen molar-refractivity contribution in [2.75, 3.05) is 31.6 Å². The van der Waals surface area contributed by atoms with Gasteiger partial charge in [-0.05, 0) is 17.7 Å². The van der Waals surface area contributed by atoms with Crippen LogP contribution in [0.1, 0.15) is 11.3 Å². The van der Waals surface area contributed by atoms with Gasteiger partial charge in [-0.15, -0.1) is 0 Å². The maximum absolute atomic E-state index is 12.2. The number of ether oxygens (including phenoxy) is 1. The van der Waals surface area contributed by atoms with E-state index in [0.717, 1.165) is 44.1 Å². The van der Waals surface area contributed by atoms with E-state index >= 15 is 0 Å². The second-order valence-electron chi connectivity index (χ2n) is 5.50. The van der Waals surface area contributed by atoms with Crippen molar-refractivity contribution in [3.05, 3.63) is 60.2 Å². The highest BCUT2D eigenvalue weighted by Crippen LogP contribution is 2.18. The highest BCUT2D eigenvalue weighted by molar-refractivity contribution is 6.02. The Morgan fingerprint density at radius 3 is 2.88 bits per heavy atom. The number of para-hydroxylation sites is 1. The summed E-state index contributed by atoms with van der Waals surface area (Å²) in [5.41, 5.74) is 2.58. The van der Waals surface area contributed by atoms with Crippen LogP contribution in [0.4, 0.5) is 5.69 Å². The first-order valence-corrected chi connectivity index (χ1v) is 7.94. The van der Waals surface area contributed by atoms with E-state index in [1.807, 2.05) is 24.3 Å². The zero-order valence-electron chi connectivity index (χ0n) is 13.4. The Morgan fingerprint density at radius 2 is 2.08 bits per heavy atom. The quantitative estimate of drug-likeness (QED) is 0.852. The van der Waals surface area contributed by atoms with Crippen molar-refractivity contribution in [2.24, 2.45) is 0 Å². The van der Waals surface area contributed by atoms with Crippen molar-refractivity contribution in [3.63, 3.8) is 0 Å². The van der Waals surface area contributed by atoms with Gasteiger partial charge in [-0.2, -0.15) is 0 Å². The molecule has 0 aliphatic carbocycles. The van der Waals surface area contributed by atoms with Gasteiger partial charge in [-0.25, -0.2) is 0 Å². The van der Waals surface area contributed by atoms with Crippen molar-refractivity contribution in [1.82, 2.24) is 14.9 Å². The summed E-state index contributed by atoms with van der Waals surface area (Å²) in [4.78, 5) is 22.5. The van der Waals surface area contributed by atoms with Crippen LogP contribution in [-0.4, -0.2) is 47.1 Å². The smallest absolute Gasteiger partial charge is 0.248 e. The average molecular weight is 324 g/mol. The number of amides is 1. The lowest BCUT2D eigenvalue weighted by molar-refractivity contribution is -0.111. The number of anilines is 1. The molecule has 0 radical (unpaired) electrons. The molecule has 2 aromatic rings. The molecule has 0 spiro atoms. The lowest BCUT2D eigenvalue weighted by Gasteiger charge is -2.27. The molecule has 6 heteroatoms. The molecule has 1 N–H and O–H groups in total. The first-order chi connectivity index (χ1) is 11.8. The van der Waals surface area contributed by atoms with Gasteiger partial charge in [0, 0.05) is 43.8 Å². The molecule has 1 aliphatic rings. The molecular weight excluding hydrogens is 304 g/mol. The maximum Gasteiger partial charge on any atom is 0.248 e. The fraction of sp³-hybridized carbons (Fsp3) is 0.278. The first kappa shape index (κ1) is 16.3. The normalized spacial score (nSPS) is 15.5. The molecule has 0 bridgehead atoms. The number of nitrogens with zero attached hydrogens (tertiary/aromatic N) is 3. The molecule has 1 fully saturated rings. The van der Waals surface area contributed by atoms with Gasteiger partial charge in [0.15, 0.2) is 0 Å². The predicted molar refractivity (Wildman–Crippen MR) is 92.2 cm³/mol. The minimum Gasteiger partial charge on any atom is -0.379 e. The van der Waals surface area contributed by atoms with E-state index in [2.05, 4.69) is 20.2 Å². The molecule has 1 aromatic heterocycles. The molecule has 1 amide bonds. The van der Waals surface area contributed by atoms with E-state index in [1.165, 1.54) is 6.08 Å². The first-order valence-electron chi connectivity index (χ1n) is 7.94. The summed E-state index contributed by atoms with van der Waals surface area (Å²) in [7, 11) is 0. The van der Waals surface area contributed by atoms with Gasteiger partial charge in [0.2, 0.25) is 5.91 Å². The average Bonchev–Trinajstić information content (AvgIpc) is 2.63. The maximum atomic E-state index is 12.2. The number of benzene rings is 1. The molecule has 1 aromatic carbocycles. The fourth-order valence-corrected chi connectivity index (χ4v) is 2.51. The van der Waals surface area contributed by atoms with Crippen molar-refractivity contribution in [3.8, 4) is 0 Å². The van der Waals surface area contributed by atoms with Gasteiger partial charge in [0.25, 0.3) is 0 Å². The van der Waals surface area contributed by atoms with E-state index < -0.39 is 0 Å². The van der Waals surface area contributed by atoms with Crippen molar-refractivity contribution in [1.29, 1.82) is 0 Å². The second-order valence-corrected chi connectivity index (χ2v) is 5.50. The van der Waals surface area contributed by atoms with Crippen molar-refractivity contribution in [2.45, 2.75) is 6.54 Å². The van der Waals surface area contributed by atoms with Crippen LogP contribution in [0.25, 0.3) is 6.08 Å². The standard InChI is InChI=1S/C18H20N4O2/c23-18(6-5-16-13-19-7-8-20-16)21-17-4-2-1-3-15(17)14-22-9-11-24-12-10-22/h1-8,13H,9-12,14H2,(H,21,23)/b6-5+. The van der Waals surface area contributed by atoms with Gasteiger partial charge in [0.1, 0.15) is 0 Å². The number of carbonyl (C=O) groups is 1. The van der Waals surface area contributed by atoms with Crippen LogP contribution in [0.2, 0.25) is 0 Å². The van der Waals surface area contributed by atoms with Crippen LogP contribution in [-0.2, 0) is 16.1 Å². The van der Waals surface area contributed by atoms with Crippen molar-refractivity contribution >= 4 is 17.7 Å². The highest BCUT2D eigenvalue weighted by atomic mass is 16.5. The van der Waals surface area contributed by atoms with Gasteiger partial charge >= 0.3 is 0 Å². The summed E-state index contributed by atoms with van der Waals surface area (Å²) in [6.07, 6.45) is 7.91. The molecule has 0 saturated carbocycles. The lowest BCUT2D eigenvalue weighted by atomic mass is 10.1. The largest absolute Gasteiger partial charge is 0.379 e. The minimum absolute atomic E-state index is 0.185. The number of nitrogens with one attached hydrogen (secondary N) is 1. The Bertz CT molecular complexity index is 697. The summed E-state index contributed by atoms with van der Waals surface area (Å²) in [6, 6.07) is 7.87. The summed E-state index contributed by atoms with van der Waals surface area (Å²) < 4.78 is 5.37. The van der Waals surface area contributed by atoms with E-state index in [9.17, 15) is 4.79 Å². The molecule has 1 aliphatic heterocycles. The molecule has 1 saturated heterocycles. The molecule has 0 atom stereocenters. The molecule has 6 nitrogen and oxygen atoms in total. The van der Waals surface area contributed by atoms with Crippen LogP contribution < -0.4 is 5.32 Å².